The highest BCUT2D eigenvalue weighted by atomic mass is 28.3. The first kappa shape index (κ1) is 12.9. The fourth-order valence-electron chi connectivity index (χ4n) is 3.50. The molecule has 106 valence electrons. The van der Waals surface area contributed by atoms with Gasteiger partial charge in [0.15, 0.2) is 0 Å². The van der Waals surface area contributed by atoms with Crippen molar-refractivity contribution in [1.29, 1.82) is 0 Å². The van der Waals surface area contributed by atoms with Crippen LogP contribution in [0.1, 0.15) is 22.5 Å². The van der Waals surface area contributed by atoms with Gasteiger partial charge in [0.1, 0.15) is 5.76 Å². The minimum absolute atomic E-state index is 0.944. The van der Waals surface area contributed by atoms with Crippen LogP contribution in [-0.4, -0.2) is 8.07 Å². The quantitative estimate of drug-likeness (QED) is 0.472. The Hall–Kier alpha value is -1.80. The highest BCUT2D eigenvalue weighted by Gasteiger charge is 2.29. The maximum absolute atomic E-state index is 5.92. The summed E-state index contributed by atoms with van der Waals surface area (Å²) < 4.78 is 5.92. The Bertz CT molecular complexity index is 836. The predicted molar refractivity (Wildman–Crippen MR) is 91.2 cm³/mol. The van der Waals surface area contributed by atoms with E-state index < -0.39 is 8.07 Å². The van der Waals surface area contributed by atoms with Crippen LogP contribution in [0.15, 0.2) is 47.1 Å². The van der Waals surface area contributed by atoms with Gasteiger partial charge >= 0.3 is 0 Å². The molecule has 0 N–H and O–H groups in total. The average molecular weight is 292 g/mol. The van der Waals surface area contributed by atoms with Crippen molar-refractivity contribution >= 4 is 24.0 Å². The molecule has 2 heteroatoms. The largest absolute Gasteiger partial charge is 0.469 e. The molecule has 0 saturated carbocycles. The molecule has 0 atom stereocenters. The molecule has 1 aliphatic carbocycles. The van der Waals surface area contributed by atoms with E-state index in [0.717, 1.165) is 12.8 Å². The van der Waals surface area contributed by atoms with Gasteiger partial charge in [-0.15, -0.1) is 0 Å². The third-order valence-electron chi connectivity index (χ3n) is 4.63. The van der Waals surface area contributed by atoms with Crippen LogP contribution in [0.4, 0.5) is 0 Å². The molecular weight excluding hydrogens is 272 g/mol. The zero-order chi connectivity index (χ0) is 14.6. The normalized spacial score (nSPS) is 14.0. The van der Waals surface area contributed by atoms with Gasteiger partial charge < -0.3 is 4.42 Å². The minimum Gasteiger partial charge on any atom is -0.469 e. The highest BCUT2D eigenvalue weighted by Crippen LogP contribution is 2.33. The Labute approximate surface area is 126 Å². The molecule has 0 fully saturated rings. The number of benzene rings is 2. The van der Waals surface area contributed by atoms with Crippen LogP contribution in [0.2, 0.25) is 19.6 Å². The van der Waals surface area contributed by atoms with Crippen molar-refractivity contribution in [3.8, 4) is 0 Å². The van der Waals surface area contributed by atoms with Crippen LogP contribution in [0.5, 0.6) is 0 Å². The fraction of sp³-hybridized carbons (Fsp3) is 0.263. The number of furan rings is 1. The van der Waals surface area contributed by atoms with E-state index in [9.17, 15) is 0 Å². The first-order valence-electron chi connectivity index (χ1n) is 7.63. The van der Waals surface area contributed by atoms with E-state index in [1.165, 1.54) is 38.4 Å². The number of rotatable bonds is 1. The molecule has 0 spiro atoms. The van der Waals surface area contributed by atoms with Crippen LogP contribution in [-0.2, 0) is 12.8 Å². The molecule has 1 nitrogen and oxygen atoms in total. The molecule has 0 saturated heterocycles. The number of hydrogen-bond donors (Lipinski definition) is 0. The summed E-state index contributed by atoms with van der Waals surface area (Å²) in [4.78, 5) is 0. The van der Waals surface area contributed by atoms with Gasteiger partial charge in [0, 0.05) is 12.8 Å². The molecule has 0 bridgehead atoms. The first-order chi connectivity index (χ1) is 10.0. The molecule has 4 rings (SSSR count). The summed E-state index contributed by atoms with van der Waals surface area (Å²) in [5, 5.41) is 4.25. The Balaban J connectivity index is 1.92. The van der Waals surface area contributed by atoms with Crippen LogP contribution < -0.4 is 5.19 Å². The molecule has 1 aliphatic rings. The van der Waals surface area contributed by atoms with Crippen LogP contribution in [0.25, 0.3) is 10.8 Å². The monoisotopic (exact) mass is 292 g/mol. The Morgan fingerprint density at radius 1 is 0.905 bits per heavy atom. The molecular formula is C19H20OSi. The standard InChI is InChI=1S/C19H20OSi/c1-21(2,3)19-12-20-18-10-14-9-8-13-6-4-5-7-15(13)16(14)11-17(18)19/h4-9,12H,10-11H2,1-3H3. The van der Waals surface area contributed by atoms with Gasteiger partial charge in [-0.05, 0) is 32.6 Å². The Kier molecular flexibility index (Phi) is 2.67. The lowest BCUT2D eigenvalue weighted by Gasteiger charge is -2.22. The van der Waals surface area contributed by atoms with Crippen molar-refractivity contribution in [2.45, 2.75) is 32.5 Å². The lowest BCUT2D eigenvalue weighted by atomic mass is 9.87. The zero-order valence-electron chi connectivity index (χ0n) is 12.9. The van der Waals surface area contributed by atoms with E-state index in [0.29, 0.717) is 0 Å². The smallest absolute Gasteiger partial charge is 0.111 e. The van der Waals surface area contributed by atoms with Crippen molar-refractivity contribution in [1.82, 2.24) is 0 Å². The van der Waals surface area contributed by atoms with Crippen LogP contribution >= 0.6 is 0 Å². The van der Waals surface area contributed by atoms with Crippen LogP contribution in [0, 0.1) is 0 Å². The van der Waals surface area contributed by atoms with E-state index in [4.69, 9.17) is 4.42 Å². The summed E-state index contributed by atoms with van der Waals surface area (Å²) in [6, 6.07) is 13.2. The molecule has 0 amide bonds. The van der Waals surface area contributed by atoms with E-state index in [1.54, 1.807) is 0 Å². The Morgan fingerprint density at radius 2 is 1.71 bits per heavy atom. The van der Waals surface area contributed by atoms with Gasteiger partial charge in [0.05, 0.1) is 14.3 Å². The lowest BCUT2D eigenvalue weighted by Crippen LogP contribution is -2.39. The molecule has 3 aromatic rings. The second-order valence-electron chi connectivity index (χ2n) is 7.08. The van der Waals surface area contributed by atoms with E-state index in [2.05, 4.69) is 56.0 Å². The molecule has 0 unspecified atom stereocenters. The van der Waals surface area contributed by atoms with Gasteiger partial charge in [0.2, 0.25) is 0 Å². The van der Waals surface area contributed by atoms with E-state index in [-0.39, 0.29) is 0 Å². The summed E-state index contributed by atoms with van der Waals surface area (Å²) in [6.45, 7) is 7.20. The molecule has 0 radical (unpaired) electrons. The van der Waals surface area contributed by atoms with Gasteiger partial charge in [-0.25, -0.2) is 0 Å². The molecule has 1 heterocycles. The predicted octanol–water partition coefficient (Wildman–Crippen LogP) is 4.47. The highest BCUT2D eigenvalue weighted by molar-refractivity contribution is 6.89. The lowest BCUT2D eigenvalue weighted by molar-refractivity contribution is 0.514. The van der Waals surface area contributed by atoms with E-state index >= 15 is 0 Å². The number of hydrogen-bond acceptors (Lipinski definition) is 1. The third kappa shape index (κ3) is 1.97. The first-order valence-corrected chi connectivity index (χ1v) is 11.1. The zero-order valence-corrected chi connectivity index (χ0v) is 13.9. The van der Waals surface area contributed by atoms with Gasteiger partial charge in [-0.1, -0.05) is 56.0 Å². The van der Waals surface area contributed by atoms with E-state index in [1.807, 2.05) is 6.26 Å². The van der Waals surface area contributed by atoms with Crippen molar-refractivity contribution in [2.24, 2.45) is 0 Å². The van der Waals surface area contributed by atoms with Crippen molar-refractivity contribution in [3.05, 3.63) is 65.1 Å². The second-order valence-corrected chi connectivity index (χ2v) is 12.1. The third-order valence-corrected chi connectivity index (χ3v) is 6.67. The molecule has 1 aromatic heterocycles. The van der Waals surface area contributed by atoms with Crippen LogP contribution in [0.3, 0.4) is 0 Å². The maximum Gasteiger partial charge on any atom is 0.111 e. The van der Waals surface area contributed by atoms with Crippen molar-refractivity contribution in [2.75, 3.05) is 0 Å². The summed E-state index contributed by atoms with van der Waals surface area (Å²) >= 11 is 0. The summed E-state index contributed by atoms with van der Waals surface area (Å²) in [6.07, 6.45) is 4.01. The average Bonchev–Trinajstić information content (AvgIpc) is 2.88. The van der Waals surface area contributed by atoms with Gasteiger partial charge in [-0.2, -0.15) is 0 Å². The molecule has 21 heavy (non-hydrogen) atoms. The second kappa shape index (κ2) is 4.34. The SMILES string of the molecule is C[Si](C)(C)c1coc2c1Cc1c(ccc3ccccc13)C2. The topological polar surface area (TPSA) is 13.1 Å². The number of fused-ring (bicyclic) bond motifs is 4. The maximum atomic E-state index is 5.92. The van der Waals surface area contributed by atoms with Crippen molar-refractivity contribution in [3.63, 3.8) is 0 Å². The van der Waals surface area contributed by atoms with Gasteiger partial charge in [0.25, 0.3) is 0 Å². The molecule has 0 aliphatic heterocycles. The Morgan fingerprint density at radius 3 is 2.52 bits per heavy atom. The molecule has 2 aromatic carbocycles. The summed E-state index contributed by atoms with van der Waals surface area (Å²) in [5.74, 6) is 1.19. The fourth-order valence-corrected chi connectivity index (χ4v) is 5.04. The summed E-state index contributed by atoms with van der Waals surface area (Å²) in [5.41, 5.74) is 4.40. The minimum atomic E-state index is -1.34. The van der Waals surface area contributed by atoms with Gasteiger partial charge in [-0.3, -0.25) is 0 Å². The summed E-state index contributed by atoms with van der Waals surface area (Å²) in [7, 11) is -1.34. The van der Waals surface area contributed by atoms with Crippen molar-refractivity contribution < 1.29 is 4.42 Å².